The highest BCUT2D eigenvalue weighted by molar-refractivity contribution is 6.30. The van der Waals surface area contributed by atoms with E-state index in [-0.39, 0.29) is 11.3 Å². The molecule has 4 rings (SSSR count). The molecule has 132 valence electrons. The van der Waals surface area contributed by atoms with Crippen LogP contribution < -0.4 is 5.56 Å². The van der Waals surface area contributed by atoms with Crippen molar-refractivity contribution in [3.05, 3.63) is 74.9 Å². The van der Waals surface area contributed by atoms with Crippen LogP contribution in [0.15, 0.2) is 47.5 Å². The van der Waals surface area contributed by atoms with E-state index in [1.165, 1.54) is 0 Å². The summed E-state index contributed by atoms with van der Waals surface area (Å²) in [6, 6.07) is 8.69. The summed E-state index contributed by atoms with van der Waals surface area (Å²) in [6.45, 7) is 1.80. The number of H-pyrrole nitrogens is 1. The summed E-state index contributed by atoms with van der Waals surface area (Å²) in [4.78, 5) is 26.2. The van der Waals surface area contributed by atoms with Gasteiger partial charge in [0.05, 0.1) is 5.69 Å². The Morgan fingerprint density at radius 3 is 3.00 bits per heavy atom. The summed E-state index contributed by atoms with van der Waals surface area (Å²) in [5.74, 6) is 0.740. The molecule has 0 amide bonds. The fraction of sp³-hybridized carbons (Fsp3) is 0.211. The van der Waals surface area contributed by atoms with E-state index in [1.807, 2.05) is 12.1 Å². The normalized spacial score (nSPS) is 14.2. The molecule has 0 aliphatic carbocycles. The third-order valence-corrected chi connectivity index (χ3v) is 4.76. The largest absolute Gasteiger partial charge is 0.508 e. The molecule has 26 heavy (non-hydrogen) atoms. The highest BCUT2D eigenvalue weighted by Crippen LogP contribution is 2.25. The van der Waals surface area contributed by atoms with E-state index in [2.05, 4.69) is 19.9 Å². The molecular weight excluding hydrogens is 352 g/mol. The number of aromatic hydroxyl groups is 1. The lowest BCUT2D eigenvalue weighted by Crippen LogP contribution is -2.35. The number of nitrogens with one attached hydrogen (secondary N) is 1. The molecule has 1 aliphatic heterocycles. The molecule has 0 saturated carbocycles. The summed E-state index contributed by atoms with van der Waals surface area (Å²) >= 11 is 6.03. The number of aromatic amines is 1. The average Bonchev–Trinajstić information content (AvgIpc) is 2.65. The summed E-state index contributed by atoms with van der Waals surface area (Å²) < 4.78 is 0. The maximum Gasteiger partial charge on any atom is 0.254 e. The zero-order valence-corrected chi connectivity index (χ0v) is 14.7. The number of pyridine rings is 1. The second-order valence-electron chi connectivity index (χ2n) is 6.32. The number of halogens is 1. The van der Waals surface area contributed by atoms with Crippen molar-refractivity contribution < 1.29 is 5.11 Å². The van der Waals surface area contributed by atoms with Crippen molar-refractivity contribution in [2.75, 3.05) is 6.54 Å². The smallest absolute Gasteiger partial charge is 0.254 e. The maximum atomic E-state index is 12.4. The summed E-state index contributed by atoms with van der Waals surface area (Å²) in [7, 11) is 0. The van der Waals surface area contributed by atoms with Crippen molar-refractivity contribution >= 4 is 11.6 Å². The highest BCUT2D eigenvalue weighted by Gasteiger charge is 2.22. The number of rotatable bonds is 3. The minimum atomic E-state index is -0.0981. The standard InChI is InChI=1S/C19H17ClN4O2/c20-14-3-4-17(25)13(8-14)10-24-7-5-15-16(11-24)22-18(23-19(15)26)12-2-1-6-21-9-12/h1-4,6,8-9,25H,5,7,10-11H2,(H,22,23,26). The first-order valence-corrected chi connectivity index (χ1v) is 8.70. The molecule has 0 spiro atoms. The number of nitrogens with zero attached hydrogens (tertiary/aromatic N) is 3. The van der Waals surface area contributed by atoms with Crippen molar-refractivity contribution in [1.29, 1.82) is 0 Å². The van der Waals surface area contributed by atoms with Gasteiger partial charge in [0.1, 0.15) is 11.6 Å². The fourth-order valence-electron chi connectivity index (χ4n) is 3.19. The Morgan fingerprint density at radius 1 is 1.31 bits per heavy atom. The molecule has 0 fully saturated rings. The SMILES string of the molecule is O=c1[nH]c(-c2cccnc2)nc2c1CCN(Cc1cc(Cl)ccc1O)C2. The van der Waals surface area contributed by atoms with Gasteiger partial charge < -0.3 is 10.1 Å². The van der Waals surface area contributed by atoms with Gasteiger partial charge >= 0.3 is 0 Å². The van der Waals surface area contributed by atoms with Gasteiger partial charge in [-0.25, -0.2) is 4.98 Å². The number of hydrogen-bond donors (Lipinski definition) is 2. The highest BCUT2D eigenvalue weighted by atomic mass is 35.5. The van der Waals surface area contributed by atoms with Crippen LogP contribution in [0, 0.1) is 0 Å². The van der Waals surface area contributed by atoms with Gasteiger partial charge in [-0.05, 0) is 36.8 Å². The van der Waals surface area contributed by atoms with Crippen molar-refractivity contribution in [3.8, 4) is 17.1 Å². The molecule has 1 aromatic carbocycles. The molecular formula is C19H17ClN4O2. The van der Waals surface area contributed by atoms with E-state index in [0.717, 1.165) is 28.9 Å². The van der Waals surface area contributed by atoms with Crippen molar-refractivity contribution in [2.45, 2.75) is 19.5 Å². The van der Waals surface area contributed by atoms with E-state index >= 15 is 0 Å². The predicted molar refractivity (Wildman–Crippen MR) is 99.0 cm³/mol. The zero-order valence-electron chi connectivity index (χ0n) is 13.9. The van der Waals surface area contributed by atoms with Gasteiger partial charge in [0, 0.05) is 53.7 Å². The molecule has 0 bridgehead atoms. The van der Waals surface area contributed by atoms with Crippen LogP contribution >= 0.6 is 11.6 Å². The first-order chi connectivity index (χ1) is 12.6. The second kappa shape index (κ2) is 6.90. The van der Waals surface area contributed by atoms with Gasteiger partial charge in [-0.2, -0.15) is 0 Å². The van der Waals surface area contributed by atoms with Crippen LogP contribution in [-0.2, 0) is 19.5 Å². The van der Waals surface area contributed by atoms with Gasteiger partial charge in [0.15, 0.2) is 0 Å². The molecule has 2 aromatic heterocycles. The van der Waals surface area contributed by atoms with Gasteiger partial charge in [-0.3, -0.25) is 14.7 Å². The first-order valence-electron chi connectivity index (χ1n) is 8.32. The van der Waals surface area contributed by atoms with Crippen molar-refractivity contribution in [2.24, 2.45) is 0 Å². The monoisotopic (exact) mass is 368 g/mol. The topological polar surface area (TPSA) is 82.1 Å². The van der Waals surface area contributed by atoms with Crippen molar-refractivity contribution in [3.63, 3.8) is 0 Å². The van der Waals surface area contributed by atoms with E-state index in [1.54, 1.807) is 30.6 Å². The lowest BCUT2D eigenvalue weighted by Gasteiger charge is -2.28. The molecule has 6 nitrogen and oxygen atoms in total. The number of benzene rings is 1. The molecule has 0 atom stereocenters. The fourth-order valence-corrected chi connectivity index (χ4v) is 3.38. The Kier molecular flexibility index (Phi) is 4.44. The van der Waals surface area contributed by atoms with Gasteiger partial charge in [-0.1, -0.05) is 11.6 Å². The quantitative estimate of drug-likeness (QED) is 0.742. The van der Waals surface area contributed by atoms with Crippen LogP contribution in [0.2, 0.25) is 5.02 Å². The van der Waals surface area contributed by atoms with Gasteiger partial charge in [-0.15, -0.1) is 0 Å². The van der Waals surface area contributed by atoms with Gasteiger partial charge in [0.25, 0.3) is 5.56 Å². The van der Waals surface area contributed by atoms with Crippen molar-refractivity contribution in [1.82, 2.24) is 19.9 Å². The van der Waals surface area contributed by atoms with E-state index < -0.39 is 0 Å². The summed E-state index contributed by atoms with van der Waals surface area (Å²) in [5, 5.41) is 10.6. The first kappa shape index (κ1) is 16.8. The number of phenols is 1. The Bertz CT molecular complexity index is 1000. The molecule has 1 aliphatic rings. The third kappa shape index (κ3) is 3.34. The molecule has 0 radical (unpaired) electrons. The Morgan fingerprint density at radius 2 is 2.19 bits per heavy atom. The third-order valence-electron chi connectivity index (χ3n) is 4.52. The van der Waals surface area contributed by atoms with Crippen LogP contribution in [0.4, 0.5) is 0 Å². The Balaban J connectivity index is 1.62. The minimum absolute atomic E-state index is 0.0981. The van der Waals surface area contributed by atoms with Crippen LogP contribution in [0.1, 0.15) is 16.8 Å². The van der Waals surface area contributed by atoms with E-state index in [0.29, 0.717) is 30.4 Å². The lowest BCUT2D eigenvalue weighted by atomic mass is 10.0. The number of fused-ring (bicyclic) bond motifs is 1. The van der Waals surface area contributed by atoms with Crippen LogP contribution in [0.25, 0.3) is 11.4 Å². The second-order valence-corrected chi connectivity index (χ2v) is 6.75. The van der Waals surface area contributed by atoms with Crippen LogP contribution in [-0.4, -0.2) is 31.5 Å². The molecule has 3 aromatic rings. The summed E-state index contributed by atoms with van der Waals surface area (Å²) in [5.41, 5.74) is 2.93. The average molecular weight is 369 g/mol. The molecule has 3 heterocycles. The molecule has 0 saturated heterocycles. The number of phenolic OH excluding ortho intramolecular Hbond substituents is 1. The van der Waals surface area contributed by atoms with Crippen LogP contribution in [0.3, 0.4) is 0 Å². The molecule has 0 unspecified atom stereocenters. The summed E-state index contributed by atoms with van der Waals surface area (Å²) in [6.07, 6.45) is 3.97. The zero-order chi connectivity index (χ0) is 18.1. The molecule has 2 N–H and O–H groups in total. The lowest BCUT2D eigenvalue weighted by molar-refractivity contribution is 0.237. The van der Waals surface area contributed by atoms with Crippen LogP contribution in [0.5, 0.6) is 5.75 Å². The Labute approximate surface area is 155 Å². The Hall–Kier alpha value is -2.70. The predicted octanol–water partition coefficient (Wildman–Crippen LogP) is 2.75. The number of hydrogen-bond acceptors (Lipinski definition) is 5. The van der Waals surface area contributed by atoms with E-state index in [4.69, 9.17) is 11.6 Å². The van der Waals surface area contributed by atoms with E-state index in [9.17, 15) is 9.90 Å². The van der Waals surface area contributed by atoms with Gasteiger partial charge in [0.2, 0.25) is 0 Å². The maximum absolute atomic E-state index is 12.4. The minimum Gasteiger partial charge on any atom is -0.508 e. The number of aromatic nitrogens is 3. The molecule has 7 heteroatoms.